The fourth-order valence-corrected chi connectivity index (χ4v) is 3.06. The normalized spacial score (nSPS) is 10.9. The molecule has 10 heteroatoms. The topological polar surface area (TPSA) is 122 Å². The lowest BCUT2D eigenvalue weighted by Crippen LogP contribution is -2.16. The van der Waals surface area contributed by atoms with Gasteiger partial charge in [0.15, 0.2) is 10.8 Å². The second-order valence-electron chi connectivity index (χ2n) is 5.49. The number of aromatic nitrogens is 4. The first-order valence-electron chi connectivity index (χ1n) is 8.33. The van der Waals surface area contributed by atoms with Crippen LogP contribution in [-0.2, 0) is 11.3 Å². The zero-order chi connectivity index (χ0) is 19.2. The number of nitrogens with one attached hydrogen (secondary N) is 2. The Morgan fingerprint density at radius 2 is 2.15 bits per heavy atom. The average molecular weight is 389 g/mol. The Morgan fingerprint density at radius 1 is 1.37 bits per heavy atom. The number of hydrogen-bond acceptors (Lipinski definition) is 7. The summed E-state index contributed by atoms with van der Waals surface area (Å²) in [5, 5.41) is 16.5. The van der Waals surface area contributed by atoms with E-state index in [1.54, 1.807) is 24.3 Å². The summed E-state index contributed by atoms with van der Waals surface area (Å²) >= 11 is 1.11. The number of aliphatic hydroxyl groups excluding tert-OH is 1. The summed E-state index contributed by atoms with van der Waals surface area (Å²) in [4.78, 5) is 31.2. The molecule has 3 N–H and O–H groups in total. The first kappa shape index (κ1) is 18.9. The SMILES string of the molecule is CCOc1ccc(NC(=O)CSc2nc3c(cnn3CCO)c(=O)[nH]2)cc1. The third-order valence-corrected chi connectivity index (χ3v) is 4.46. The molecule has 0 atom stereocenters. The van der Waals surface area contributed by atoms with Crippen molar-refractivity contribution in [3.05, 3.63) is 40.8 Å². The van der Waals surface area contributed by atoms with Gasteiger partial charge in [-0.2, -0.15) is 5.10 Å². The number of ether oxygens (including phenoxy) is 1. The van der Waals surface area contributed by atoms with Crippen molar-refractivity contribution in [2.75, 3.05) is 24.3 Å². The van der Waals surface area contributed by atoms with Gasteiger partial charge in [-0.3, -0.25) is 9.59 Å². The number of rotatable bonds is 8. The van der Waals surface area contributed by atoms with Gasteiger partial charge in [-0.15, -0.1) is 0 Å². The number of aliphatic hydroxyl groups is 1. The predicted octanol–water partition coefficient (Wildman–Crippen LogP) is 1.24. The van der Waals surface area contributed by atoms with Gasteiger partial charge in [-0.25, -0.2) is 9.67 Å². The number of fused-ring (bicyclic) bond motifs is 1. The van der Waals surface area contributed by atoms with Crippen LogP contribution in [0.5, 0.6) is 5.75 Å². The van der Waals surface area contributed by atoms with Crippen molar-refractivity contribution in [3.8, 4) is 5.75 Å². The molecule has 0 aliphatic rings. The summed E-state index contributed by atoms with van der Waals surface area (Å²) in [5.74, 6) is 0.589. The maximum atomic E-state index is 12.1. The number of hydrogen-bond donors (Lipinski definition) is 3. The Bertz CT molecular complexity index is 983. The summed E-state index contributed by atoms with van der Waals surface area (Å²) in [5.41, 5.74) is 0.697. The van der Waals surface area contributed by atoms with Crippen LogP contribution in [0.2, 0.25) is 0 Å². The quantitative estimate of drug-likeness (QED) is 0.391. The Kier molecular flexibility index (Phi) is 6.09. The molecule has 0 aliphatic heterocycles. The number of H-pyrrole nitrogens is 1. The molecule has 0 fully saturated rings. The van der Waals surface area contributed by atoms with Crippen LogP contribution in [0, 0.1) is 0 Å². The summed E-state index contributed by atoms with van der Waals surface area (Å²) in [6.45, 7) is 2.61. The van der Waals surface area contributed by atoms with Crippen molar-refractivity contribution in [3.63, 3.8) is 0 Å². The van der Waals surface area contributed by atoms with E-state index in [2.05, 4.69) is 20.4 Å². The first-order chi connectivity index (χ1) is 13.1. The Morgan fingerprint density at radius 3 is 2.85 bits per heavy atom. The molecule has 0 saturated carbocycles. The van der Waals surface area contributed by atoms with Gasteiger partial charge in [-0.1, -0.05) is 11.8 Å². The van der Waals surface area contributed by atoms with Gasteiger partial charge in [-0.05, 0) is 31.2 Å². The summed E-state index contributed by atoms with van der Waals surface area (Å²) in [7, 11) is 0. The van der Waals surface area contributed by atoms with E-state index >= 15 is 0 Å². The van der Waals surface area contributed by atoms with Crippen LogP contribution in [0.3, 0.4) is 0 Å². The highest BCUT2D eigenvalue weighted by Crippen LogP contribution is 2.18. The average Bonchev–Trinajstić information content (AvgIpc) is 3.06. The monoisotopic (exact) mass is 389 g/mol. The lowest BCUT2D eigenvalue weighted by Gasteiger charge is -2.07. The summed E-state index contributed by atoms with van der Waals surface area (Å²) < 4.78 is 6.81. The van der Waals surface area contributed by atoms with Gasteiger partial charge in [0.25, 0.3) is 5.56 Å². The number of carbonyl (C=O) groups excluding carboxylic acids is 1. The second kappa shape index (κ2) is 8.69. The molecule has 0 spiro atoms. The van der Waals surface area contributed by atoms with Gasteiger partial charge in [0.2, 0.25) is 5.91 Å². The maximum Gasteiger partial charge on any atom is 0.262 e. The van der Waals surface area contributed by atoms with Crippen molar-refractivity contribution in [1.82, 2.24) is 19.7 Å². The number of nitrogens with zero attached hydrogens (tertiary/aromatic N) is 3. The molecule has 9 nitrogen and oxygen atoms in total. The number of benzene rings is 1. The Hall–Kier alpha value is -2.85. The lowest BCUT2D eigenvalue weighted by atomic mass is 10.3. The van der Waals surface area contributed by atoms with Crippen molar-refractivity contribution < 1.29 is 14.6 Å². The van der Waals surface area contributed by atoms with E-state index in [1.165, 1.54) is 10.9 Å². The molecule has 27 heavy (non-hydrogen) atoms. The Labute approximate surface area is 158 Å². The molecule has 1 amide bonds. The van der Waals surface area contributed by atoms with Gasteiger partial charge in [0.1, 0.15) is 11.1 Å². The predicted molar refractivity (Wildman–Crippen MR) is 102 cm³/mol. The largest absolute Gasteiger partial charge is 0.494 e. The molecule has 3 rings (SSSR count). The van der Waals surface area contributed by atoms with Gasteiger partial charge >= 0.3 is 0 Å². The molecule has 2 heterocycles. The smallest absolute Gasteiger partial charge is 0.262 e. The zero-order valence-corrected chi connectivity index (χ0v) is 15.5. The summed E-state index contributed by atoms with van der Waals surface area (Å²) in [6, 6.07) is 7.07. The molecule has 0 aliphatic carbocycles. The number of thioether (sulfide) groups is 1. The lowest BCUT2D eigenvalue weighted by molar-refractivity contribution is -0.113. The van der Waals surface area contributed by atoms with Gasteiger partial charge < -0.3 is 20.1 Å². The molecular weight excluding hydrogens is 370 g/mol. The zero-order valence-electron chi connectivity index (χ0n) is 14.6. The molecule has 0 unspecified atom stereocenters. The van der Waals surface area contributed by atoms with E-state index < -0.39 is 0 Å². The van der Waals surface area contributed by atoms with Crippen LogP contribution >= 0.6 is 11.8 Å². The van der Waals surface area contributed by atoms with Crippen molar-refractivity contribution >= 4 is 34.4 Å². The highest BCUT2D eigenvalue weighted by molar-refractivity contribution is 7.99. The molecule has 0 bridgehead atoms. The molecule has 142 valence electrons. The fourth-order valence-electron chi connectivity index (χ4n) is 2.40. The van der Waals surface area contributed by atoms with Crippen LogP contribution in [0.25, 0.3) is 11.0 Å². The van der Waals surface area contributed by atoms with Gasteiger partial charge in [0.05, 0.1) is 31.7 Å². The van der Waals surface area contributed by atoms with Crippen LogP contribution in [0.1, 0.15) is 6.92 Å². The van der Waals surface area contributed by atoms with E-state index in [9.17, 15) is 9.59 Å². The highest BCUT2D eigenvalue weighted by Gasteiger charge is 2.12. The number of aromatic amines is 1. The van der Waals surface area contributed by atoms with Crippen molar-refractivity contribution in [1.29, 1.82) is 0 Å². The van der Waals surface area contributed by atoms with Gasteiger partial charge in [0, 0.05) is 5.69 Å². The minimum absolute atomic E-state index is 0.0792. The standard InChI is InChI=1S/C17H19N5O4S/c1-2-26-12-5-3-11(4-6-12)19-14(24)10-27-17-20-15-13(16(25)21-17)9-18-22(15)7-8-23/h3-6,9,23H,2,7-8,10H2,1H3,(H,19,24)(H,20,21,25). The van der Waals surface area contributed by atoms with E-state index in [0.717, 1.165) is 17.5 Å². The van der Waals surface area contributed by atoms with Crippen LogP contribution in [0.15, 0.2) is 40.4 Å². The minimum atomic E-state index is -0.335. The number of amides is 1. The first-order valence-corrected chi connectivity index (χ1v) is 9.31. The highest BCUT2D eigenvalue weighted by atomic mass is 32.2. The summed E-state index contributed by atoms with van der Waals surface area (Å²) in [6.07, 6.45) is 1.41. The second-order valence-corrected chi connectivity index (χ2v) is 6.46. The van der Waals surface area contributed by atoms with E-state index in [1.807, 2.05) is 6.92 Å². The molecule has 2 aromatic heterocycles. The molecule has 0 saturated heterocycles. The molecular formula is C17H19N5O4S. The number of anilines is 1. The minimum Gasteiger partial charge on any atom is -0.494 e. The third-order valence-electron chi connectivity index (χ3n) is 3.59. The van der Waals surface area contributed by atoms with Crippen molar-refractivity contribution in [2.45, 2.75) is 18.6 Å². The van der Waals surface area contributed by atoms with Crippen LogP contribution in [0.4, 0.5) is 5.69 Å². The van der Waals surface area contributed by atoms with Crippen molar-refractivity contribution in [2.24, 2.45) is 0 Å². The van der Waals surface area contributed by atoms with E-state index in [0.29, 0.717) is 28.5 Å². The van der Waals surface area contributed by atoms with Crippen LogP contribution in [-0.4, -0.2) is 49.7 Å². The third kappa shape index (κ3) is 4.66. The van der Waals surface area contributed by atoms with Crippen LogP contribution < -0.4 is 15.6 Å². The number of carbonyl (C=O) groups is 1. The maximum absolute atomic E-state index is 12.1. The Balaban J connectivity index is 1.64. The molecule has 0 radical (unpaired) electrons. The molecule has 1 aromatic carbocycles. The van der Waals surface area contributed by atoms with E-state index in [4.69, 9.17) is 9.84 Å². The molecule has 3 aromatic rings. The van der Waals surface area contributed by atoms with E-state index in [-0.39, 0.29) is 30.4 Å². The fraction of sp³-hybridized carbons (Fsp3) is 0.294.